The summed E-state index contributed by atoms with van der Waals surface area (Å²) in [5.74, 6) is -2.40. The lowest BCUT2D eigenvalue weighted by Crippen LogP contribution is -2.31. The molecule has 3 aromatic rings. The predicted molar refractivity (Wildman–Crippen MR) is 115 cm³/mol. The number of alkyl halides is 6. The first-order valence-corrected chi connectivity index (χ1v) is 10.3. The molecule has 0 aliphatic rings. The molecule has 0 amide bonds. The Balaban J connectivity index is 1.67. The number of hydrogen-bond acceptors (Lipinski definition) is 6. The summed E-state index contributed by atoms with van der Waals surface area (Å²) in [6, 6.07) is 12.3. The minimum atomic E-state index is -4.68. The smallest absolute Gasteiger partial charge is 0.425 e. The molecular weight excluding hydrogens is 494 g/mol. The van der Waals surface area contributed by atoms with E-state index in [1.165, 1.54) is 36.7 Å². The lowest BCUT2D eigenvalue weighted by molar-refractivity contribution is -0.198. The van der Waals surface area contributed by atoms with Gasteiger partial charge in [0, 0.05) is 23.5 Å². The summed E-state index contributed by atoms with van der Waals surface area (Å²) in [6.45, 7) is 1.44. The first-order chi connectivity index (χ1) is 16.8. The van der Waals surface area contributed by atoms with Crippen molar-refractivity contribution in [2.24, 2.45) is 0 Å². The SMILES string of the molecule is C[C@H](OC(=O)c1ccc(-c2ccc(-c3ccc(C(=O)O[C@@H](C)C(F)(F)F)nc3)cc2)cn1)C(F)(F)F. The third kappa shape index (κ3) is 6.58. The highest BCUT2D eigenvalue weighted by Crippen LogP contribution is 2.27. The Hall–Kier alpha value is -3.96. The van der Waals surface area contributed by atoms with E-state index in [0.717, 1.165) is 13.8 Å². The van der Waals surface area contributed by atoms with Gasteiger partial charge in [0.15, 0.2) is 12.2 Å². The van der Waals surface area contributed by atoms with Crippen molar-refractivity contribution in [3.63, 3.8) is 0 Å². The number of nitrogens with zero attached hydrogens (tertiary/aromatic N) is 2. The maximum absolute atomic E-state index is 12.5. The molecule has 12 heteroatoms. The van der Waals surface area contributed by atoms with Crippen LogP contribution in [0.1, 0.15) is 34.8 Å². The average molecular weight is 512 g/mol. The molecule has 0 fully saturated rings. The van der Waals surface area contributed by atoms with E-state index in [1.54, 1.807) is 24.3 Å². The lowest BCUT2D eigenvalue weighted by Gasteiger charge is -2.16. The highest BCUT2D eigenvalue weighted by molar-refractivity contribution is 5.88. The fourth-order valence-electron chi connectivity index (χ4n) is 2.80. The maximum Gasteiger partial charge on any atom is 0.425 e. The van der Waals surface area contributed by atoms with E-state index < -0.39 is 36.5 Å². The Bertz CT molecular complexity index is 1110. The summed E-state index contributed by atoms with van der Waals surface area (Å²) in [7, 11) is 0. The van der Waals surface area contributed by atoms with Crippen molar-refractivity contribution in [2.75, 3.05) is 0 Å². The van der Waals surface area contributed by atoms with Gasteiger partial charge in [-0.2, -0.15) is 26.3 Å². The van der Waals surface area contributed by atoms with Crippen LogP contribution in [0, 0.1) is 0 Å². The van der Waals surface area contributed by atoms with Gasteiger partial charge in [-0.25, -0.2) is 19.6 Å². The summed E-state index contributed by atoms with van der Waals surface area (Å²) >= 11 is 0. The molecule has 6 nitrogen and oxygen atoms in total. The van der Waals surface area contributed by atoms with Crippen molar-refractivity contribution in [1.82, 2.24) is 9.97 Å². The van der Waals surface area contributed by atoms with Gasteiger partial charge in [0.25, 0.3) is 0 Å². The number of ether oxygens (including phenoxy) is 2. The van der Waals surface area contributed by atoms with E-state index >= 15 is 0 Å². The number of rotatable bonds is 6. The summed E-state index contributed by atoms with van der Waals surface area (Å²) < 4.78 is 84.0. The van der Waals surface area contributed by atoms with E-state index in [9.17, 15) is 35.9 Å². The third-order valence-corrected chi connectivity index (χ3v) is 4.99. The molecule has 1 aromatic carbocycles. The molecule has 0 aliphatic heterocycles. The molecule has 2 heterocycles. The monoisotopic (exact) mass is 512 g/mol. The second-order valence-corrected chi connectivity index (χ2v) is 7.62. The maximum atomic E-state index is 12.5. The number of esters is 2. The van der Waals surface area contributed by atoms with E-state index in [2.05, 4.69) is 19.4 Å². The van der Waals surface area contributed by atoms with Crippen LogP contribution in [-0.2, 0) is 9.47 Å². The van der Waals surface area contributed by atoms with Gasteiger partial charge in [-0.05, 0) is 37.1 Å². The summed E-state index contributed by atoms with van der Waals surface area (Å²) in [6.07, 6.45) is -11.3. The van der Waals surface area contributed by atoms with Crippen molar-refractivity contribution in [2.45, 2.75) is 38.4 Å². The van der Waals surface area contributed by atoms with E-state index in [-0.39, 0.29) is 11.4 Å². The van der Waals surface area contributed by atoms with Gasteiger partial charge >= 0.3 is 24.3 Å². The normalized spacial score (nSPS) is 13.6. The molecule has 0 aliphatic carbocycles. The van der Waals surface area contributed by atoms with Gasteiger partial charge in [0.1, 0.15) is 11.4 Å². The first-order valence-electron chi connectivity index (χ1n) is 10.3. The zero-order chi connectivity index (χ0) is 26.7. The van der Waals surface area contributed by atoms with Crippen LogP contribution >= 0.6 is 0 Å². The minimum Gasteiger partial charge on any atom is -0.448 e. The molecule has 190 valence electrons. The molecule has 36 heavy (non-hydrogen) atoms. The van der Waals surface area contributed by atoms with Gasteiger partial charge in [-0.15, -0.1) is 0 Å². The molecule has 2 atom stereocenters. The van der Waals surface area contributed by atoms with Crippen LogP contribution in [0.2, 0.25) is 0 Å². The molecule has 0 bridgehead atoms. The van der Waals surface area contributed by atoms with E-state index in [1.807, 2.05) is 0 Å². The largest absolute Gasteiger partial charge is 0.448 e. The highest BCUT2D eigenvalue weighted by Gasteiger charge is 2.40. The number of pyridine rings is 2. The second kappa shape index (κ2) is 10.3. The predicted octanol–water partition coefficient (Wildman–Crippen LogP) is 6.03. The molecular formula is C24H18F6N2O4. The van der Waals surface area contributed by atoms with Crippen LogP contribution in [-0.4, -0.2) is 46.5 Å². The number of benzene rings is 1. The number of carbonyl (C=O) groups is 2. The summed E-state index contributed by atoms with van der Waals surface area (Å²) in [5.41, 5.74) is 1.98. The van der Waals surface area contributed by atoms with Gasteiger partial charge < -0.3 is 9.47 Å². The Morgan fingerprint density at radius 1 is 0.611 bits per heavy atom. The standard InChI is InChI=1S/C24H18F6N2O4/c1-13(23(25,26)27)35-21(33)19-9-7-17(11-31-19)15-3-5-16(6-4-15)18-8-10-20(32-12-18)22(34)36-14(2)24(28,29)30/h3-14H,1-2H3/t13-,14-/m0/s1. The third-order valence-electron chi connectivity index (χ3n) is 4.99. The van der Waals surface area contributed by atoms with Gasteiger partial charge in [-0.1, -0.05) is 36.4 Å². The molecule has 0 N–H and O–H groups in total. The number of halogens is 6. The number of carbonyl (C=O) groups excluding carboxylic acids is 2. The molecule has 0 radical (unpaired) electrons. The highest BCUT2D eigenvalue weighted by atomic mass is 19.4. The fraction of sp³-hybridized carbons (Fsp3) is 0.250. The Morgan fingerprint density at radius 3 is 1.17 bits per heavy atom. The Kier molecular flexibility index (Phi) is 7.65. The van der Waals surface area contributed by atoms with Crippen LogP contribution in [0.5, 0.6) is 0 Å². The van der Waals surface area contributed by atoms with Crippen LogP contribution < -0.4 is 0 Å². The van der Waals surface area contributed by atoms with Crippen molar-refractivity contribution in [3.05, 3.63) is 72.3 Å². The van der Waals surface area contributed by atoms with Gasteiger partial charge in [0.2, 0.25) is 0 Å². The van der Waals surface area contributed by atoms with Crippen molar-refractivity contribution in [3.8, 4) is 22.3 Å². The summed E-state index contributed by atoms with van der Waals surface area (Å²) in [5, 5.41) is 0. The molecule has 0 saturated carbocycles. The molecule has 0 unspecified atom stereocenters. The number of hydrogen-bond donors (Lipinski definition) is 0. The quantitative estimate of drug-likeness (QED) is 0.297. The Labute approximate surface area is 200 Å². The average Bonchev–Trinajstić information content (AvgIpc) is 2.83. The molecule has 0 saturated heterocycles. The van der Waals surface area contributed by atoms with Crippen molar-refractivity contribution in [1.29, 1.82) is 0 Å². The van der Waals surface area contributed by atoms with E-state index in [4.69, 9.17) is 0 Å². The van der Waals surface area contributed by atoms with Gasteiger partial charge in [-0.3, -0.25) is 0 Å². The second-order valence-electron chi connectivity index (χ2n) is 7.62. The van der Waals surface area contributed by atoms with Gasteiger partial charge in [0.05, 0.1) is 0 Å². The van der Waals surface area contributed by atoms with Crippen LogP contribution in [0.25, 0.3) is 22.3 Å². The van der Waals surface area contributed by atoms with Crippen LogP contribution in [0.15, 0.2) is 60.9 Å². The fourth-order valence-corrected chi connectivity index (χ4v) is 2.80. The zero-order valence-electron chi connectivity index (χ0n) is 18.7. The van der Waals surface area contributed by atoms with E-state index in [0.29, 0.717) is 22.3 Å². The lowest BCUT2D eigenvalue weighted by atomic mass is 10.0. The first kappa shape index (κ1) is 26.6. The molecule has 0 spiro atoms. The molecule has 2 aromatic heterocycles. The topological polar surface area (TPSA) is 78.4 Å². The number of aromatic nitrogens is 2. The molecule has 3 rings (SSSR count). The van der Waals surface area contributed by atoms with Crippen molar-refractivity contribution < 1.29 is 45.4 Å². The van der Waals surface area contributed by atoms with Crippen LogP contribution in [0.3, 0.4) is 0 Å². The Morgan fingerprint density at radius 2 is 0.917 bits per heavy atom. The minimum absolute atomic E-state index is 0.277. The zero-order valence-corrected chi connectivity index (χ0v) is 18.7. The van der Waals surface area contributed by atoms with Crippen LogP contribution in [0.4, 0.5) is 26.3 Å². The summed E-state index contributed by atoms with van der Waals surface area (Å²) in [4.78, 5) is 31.4. The van der Waals surface area contributed by atoms with Crippen molar-refractivity contribution >= 4 is 11.9 Å².